The second kappa shape index (κ2) is 8.77. The quantitative estimate of drug-likeness (QED) is 0.451. The Hall–Kier alpha value is -3.04. The molecule has 0 aliphatic carbocycles. The maximum Gasteiger partial charge on any atom is 0.406 e. The molecular weight excluding hydrogens is 404 g/mol. The van der Waals surface area contributed by atoms with Crippen LogP contribution in [0.15, 0.2) is 53.0 Å². The van der Waals surface area contributed by atoms with Crippen LogP contribution in [0.2, 0.25) is 5.02 Å². The third-order valence-corrected chi connectivity index (χ3v) is 4.84. The molecule has 3 rings (SSSR count). The maximum atomic E-state index is 12.2. The minimum atomic E-state index is -0.652. The zero-order valence-corrected chi connectivity index (χ0v) is 16.3. The van der Waals surface area contributed by atoms with Crippen molar-refractivity contribution in [1.29, 1.82) is 0 Å². The Bertz CT molecular complexity index is 1090. The molecule has 0 fully saturated rings. The normalized spacial score (nSPS) is 11.4. The Morgan fingerprint density at radius 1 is 1.36 bits per heavy atom. The number of rotatable bonds is 6. The van der Waals surface area contributed by atoms with Crippen molar-refractivity contribution in [1.82, 2.24) is 9.55 Å². The van der Waals surface area contributed by atoms with Gasteiger partial charge in [0.1, 0.15) is 5.69 Å². The van der Waals surface area contributed by atoms with Crippen molar-refractivity contribution in [2.45, 2.75) is 13.5 Å². The highest BCUT2D eigenvalue weighted by Gasteiger charge is 2.18. The number of carbonyl (C=O) groups is 1. The van der Waals surface area contributed by atoms with Gasteiger partial charge in [0, 0.05) is 23.5 Å². The lowest BCUT2D eigenvalue weighted by Crippen LogP contribution is -2.19. The SMILES string of the molecule is Cc1ccc(OCC(=O)N=c2sccn2Cc2ccccc2Cl)c([N+](=O)[O-])n1. The summed E-state index contributed by atoms with van der Waals surface area (Å²) in [7, 11) is 0. The van der Waals surface area contributed by atoms with Crippen LogP contribution in [-0.2, 0) is 11.3 Å². The Morgan fingerprint density at radius 3 is 2.89 bits per heavy atom. The molecule has 0 atom stereocenters. The topological polar surface area (TPSA) is 99.6 Å². The average Bonchev–Trinajstić information content (AvgIpc) is 3.09. The fraction of sp³-hybridized carbons (Fsp3) is 0.167. The minimum Gasteiger partial charge on any atom is -0.475 e. The largest absolute Gasteiger partial charge is 0.475 e. The summed E-state index contributed by atoms with van der Waals surface area (Å²) in [6, 6.07) is 10.4. The predicted molar refractivity (Wildman–Crippen MR) is 105 cm³/mol. The molecule has 10 heteroatoms. The van der Waals surface area contributed by atoms with E-state index in [1.165, 1.54) is 17.4 Å². The number of ether oxygens (including phenoxy) is 1. The number of benzene rings is 1. The van der Waals surface area contributed by atoms with Gasteiger partial charge in [-0.2, -0.15) is 4.99 Å². The first-order valence-electron chi connectivity index (χ1n) is 8.14. The molecule has 2 heterocycles. The number of nitro groups is 1. The van der Waals surface area contributed by atoms with Gasteiger partial charge in [-0.25, -0.2) is 0 Å². The number of thiazole rings is 1. The molecule has 144 valence electrons. The van der Waals surface area contributed by atoms with E-state index in [0.29, 0.717) is 22.1 Å². The van der Waals surface area contributed by atoms with Crippen molar-refractivity contribution in [3.63, 3.8) is 0 Å². The first-order valence-corrected chi connectivity index (χ1v) is 9.39. The summed E-state index contributed by atoms with van der Waals surface area (Å²) in [6.45, 7) is 1.66. The molecule has 1 aromatic carbocycles. The molecule has 0 saturated heterocycles. The molecule has 0 saturated carbocycles. The Kier molecular flexibility index (Phi) is 6.17. The predicted octanol–water partition coefficient (Wildman–Crippen LogP) is 3.37. The van der Waals surface area contributed by atoms with E-state index in [9.17, 15) is 14.9 Å². The summed E-state index contributed by atoms with van der Waals surface area (Å²) in [4.78, 5) is 30.9. The molecule has 28 heavy (non-hydrogen) atoms. The monoisotopic (exact) mass is 418 g/mol. The second-order valence-corrected chi connectivity index (χ2v) is 7.01. The van der Waals surface area contributed by atoms with E-state index < -0.39 is 23.3 Å². The van der Waals surface area contributed by atoms with Crippen molar-refractivity contribution in [2.75, 3.05) is 6.61 Å². The molecule has 0 unspecified atom stereocenters. The van der Waals surface area contributed by atoms with Crippen LogP contribution in [-0.4, -0.2) is 27.0 Å². The van der Waals surface area contributed by atoms with E-state index >= 15 is 0 Å². The Labute approximate surface area is 168 Å². The van der Waals surface area contributed by atoms with Gasteiger partial charge in [0.2, 0.25) is 5.75 Å². The molecule has 0 N–H and O–H groups in total. The molecule has 8 nitrogen and oxygen atoms in total. The van der Waals surface area contributed by atoms with Gasteiger partial charge in [-0.15, -0.1) is 11.3 Å². The first kappa shape index (κ1) is 19.7. The summed E-state index contributed by atoms with van der Waals surface area (Å²) in [6.07, 6.45) is 1.80. The lowest BCUT2D eigenvalue weighted by Gasteiger charge is -2.06. The van der Waals surface area contributed by atoms with Gasteiger partial charge in [-0.1, -0.05) is 29.8 Å². The summed E-state index contributed by atoms with van der Waals surface area (Å²) in [5.74, 6) is -1.07. The molecule has 0 aliphatic rings. The van der Waals surface area contributed by atoms with Crippen molar-refractivity contribution in [3.05, 3.63) is 79.2 Å². The highest BCUT2D eigenvalue weighted by atomic mass is 35.5. The van der Waals surface area contributed by atoms with Gasteiger partial charge in [0.25, 0.3) is 5.91 Å². The second-order valence-electron chi connectivity index (χ2n) is 5.73. The van der Waals surface area contributed by atoms with E-state index in [2.05, 4.69) is 9.98 Å². The third-order valence-electron chi connectivity index (χ3n) is 3.68. The number of halogens is 1. The molecule has 3 aromatic rings. The summed E-state index contributed by atoms with van der Waals surface area (Å²) >= 11 is 7.47. The van der Waals surface area contributed by atoms with Gasteiger partial charge in [-0.05, 0) is 33.7 Å². The summed E-state index contributed by atoms with van der Waals surface area (Å²) in [5, 5.41) is 13.5. The summed E-state index contributed by atoms with van der Waals surface area (Å²) in [5.41, 5.74) is 1.38. The number of nitrogens with zero attached hydrogens (tertiary/aromatic N) is 4. The summed E-state index contributed by atoms with van der Waals surface area (Å²) < 4.78 is 7.06. The van der Waals surface area contributed by atoms with Gasteiger partial charge in [0.15, 0.2) is 11.4 Å². The average molecular weight is 419 g/mol. The number of amides is 1. The van der Waals surface area contributed by atoms with E-state index in [1.807, 2.05) is 18.2 Å². The van der Waals surface area contributed by atoms with Gasteiger partial charge in [0.05, 0.1) is 6.54 Å². The number of aryl methyl sites for hydroxylation is 1. The fourth-order valence-corrected chi connectivity index (χ4v) is 3.31. The van der Waals surface area contributed by atoms with Crippen LogP contribution in [0.3, 0.4) is 0 Å². The fourth-order valence-electron chi connectivity index (χ4n) is 2.37. The van der Waals surface area contributed by atoms with Crippen molar-refractivity contribution in [3.8, 4) is 5.75 Å². The Balaban J connectivity index is 1.74. The standard InChI is InChI=1S/C18H15ClN4O4S/c1-12-6-7-15(17(20-12)23(25)26)27-11-16(24)21-18-22(8-9-28-18)10-13-4-2-3-5-14(13)19/h2-9H,10-11H2,1H3. The number of hydrogen-bond acceptors (Lipinski definition) is 6. The molecule has 0 spiro atoms. The van der Waals surface area contributed by atoms with Gasteiger partial charge in [-0.3, -0.25) is 4.79 Å². The third kappa shape index (κ3) is 4.81. The van der Waals surface area contributed by atoms with Crippen LogP contribution in [0.4, 0.5) is 5.82 Å². The minimum absolute atomic E-state index is 0.0747. The molecule has 0 aliphatic heterocycles. The van der Waals surface area contributed by atoms with Gasteiger partial charge >= 0.3 is 5.82 Å². The van der Waals surface area contributed by atoms with E-state index in [1.54, 1.807) is 35.2 Å². The van der Waals surface area contributed by atoms with Crippen LogP contribution in [0.5, 0.6) is 5.75 Å². The lowest BCUT2D eigenvalue weighted by molar-refractivity contribution is -0.390. The highest BCUT2D eigenvalue weighted by molar-refractivity contribution is 7.07. The lowest BCUT2D eigenvalue weighted by atomic mass is 10.2. The van der Waals surface area contributed by atoms with Crippen molar-refractivity contribution < 1.29 is 14.5 Å². The molecule has 1 amide bonds. The number of pyridine rings is 1. The molecule has 0 radical (unpaired) electrons. The number of carbonyl (C=O) groups excluding carboxylic acids is 1. The highest BCUT2D eigenvalue weighted by Crippen LogP contribution is 2.24. The van der Waals surface area contributed by atoms with E-state index in [0.717, 1.165) is 5.56 Å². The van der Waals surface area contributed by atoms with Crippen LogP contribution in [0.25, 0.3) is 0 Å². The van der Waals surface area contributed by atoms with Crippen LogP contribution < -0.4 is 9.54 Å². The van der Waals surface area contributed by atoms with Crippen molar-refractivity contribution >= 4 is 34.7 Å². The van der Waals surface area contributed by atoms with Crippen LogP contribution >= 0.6 is 22.9 Å². The number of hydrogen-bond donors (Lipinski definition) is 0. The van der Waals surface area contributed by atoms with Crippen LogP contribution in [0.1, 0.15) is 11.3 Å². The molecule has 0 bridgehead atoms. The molecular formula is C18H15ClN4O4S. The zero-order chi connectivity index (χ0) is 20.1. The van der Waals surface area contributed by atoms with E-state index in [-0.39, 0.29) is 5.75 Å². The van der Waals surface area contributed by atoms with E-state index in [4.69, 9.17) is 16.3 Å². The van der Waals surface area contributed by atoms with Crippen LogP contribution in [0, 0.1) is 17.0 Å². The van der Waals surface area contributed by atoms with Crippen molar-refractivity contribution in [2.24, 2.45) is 4.99 Å². The maximum absolute atomic E-state index is 12.2. The zero-order valence-electron chi connectivity index (χ0n) is 14.7. The Morgan fingerprint density at radius 2 is 2.14 bits per heavy atom. The smallest absolute Gasteiger partial charge is 0.406 e. The first-order chi connectivity index (χ1) is 13.4. The van der Waals surface area contributed by atoms with Gasteiger partial charge < -0.3 is 19.4 Å². The number of aromatic nitrogens is 2. The molecule has 2 aromatic heterocycles.